The van der Waals surface area contributed by atoms with Crippen LogP contribution in [-0.4, -0.2) is 40.5 Å². The number of carbonyl (C=O) groups excluding carboxylic acids is 1. The van der Waals surface area contributed by atoms with E-state index in [0.29, 0.717) is 54.3 Å². The molecule has 2 aromatic carbocycles. The van der Waals surface area contributed by atoms with Gasteiger partial charge in [0.15, 0.2) is 17.3 Å². The number of rotatable bonds is 9. The summed E-state index contributed by atoms with van der Waals surface area (Å²) in [7, 11) is 0. The molecule has 0 aliphatic rings. The second-order valence-electron chi connectivity index (χ2n) is 8.41. The average molecular weight is 489 g/mol. The van der Waals surface area contributed by atoms with Gasteiger partial charge in [-0.15, -0.1) is 0 Å². The van der Waals surface area contributed by atoms with Crippen molar-refractivity contribution >= 4 is 22.6 Å². The summed E-state index contributed by atoms with van der Waals surface area (Å²) in [4.78, 5) is 18.3. The number of fused-ring (bicyclic) bond motifs is 1. The van der Waals surface area contributed by atoms with Crippen molar-refractivity contribution in [2.24, 2.45) is 0 Å². The Hall–Kier alpha value is -4.07. The van der Waals surface area contributed by atoms with E-state index in [4.69, 9.17) is 19.2 Å². The van der Waals surface area contributed by atoms with Gasteiger partial charge in [0.25, 0.3) is 5.91 Å². The monoisotopic (exact) mass is 488 g/mol. The minimum Gasteiger partial charge on any atom is -0.490 e. The summed E-state index contributed by atoms with van der Waals surface area (Å²) < 4.78 is 19.0. The molecular weight excluding hydrogens is 456 g/mol. The molecule has 8 heteroatoms. The second-order valence-corrected chi connectivity index (χ2v) is 8.41. The van der Waals surface area contributed by atoms with Gasteiger partial charge in [-0.25, -0.2) is 4.98 Å². The Kier molecular flexibility index (Phi) is 7.43. The van der Waals surface area contributed by atoms with Gasteiger partial charge >= 0.3 is 0 Å². The van der Waals surface area contributed by atoms with Crippen LogP contribution in [0.2, 0.25) is 0 Å². The lowest BCUT2D eigenvalue weighted by Crippen LogP contribution is -2.16. The number of benzene rings is 2. The van der Waals surface area contributed by atoms with Gasteiger partial charge in [0.1, 0.15) is 5.82 Å². The summed E-state index contributed by atoms with van der Waals surface area (Å²) >= 11 is 0. The molecule has 2 aromatic heterocycles. The largest absolute Gasteiger partial charge is 0.490 e. The van der Waals surface area contributed by atoms with E-state index in [9.17, 15) is 4.79 Å². The molecule has 2 heterocycles. The predicted molar refractivity (Wildman–Crippen MR) is 141 cm³/mol. The molecule has 0 spiro atoms. The molecule has 1 amide bonds. The fourth-order valence-corrected chi connectivity index (χ4v) is 4.12. The van der Waals surface area contributed by atoms with E-state index in [2.05, 4.69) is 16.5 Å². The van der Waals surface area contributed by atoms with Gasteiger partial charge < -0.3 is 19.5 Å². The first-order valence-corrected chi connectivity index (χ1v) is 12.2. The van der Waals surface area contributed by atoms with E-state index >= 15 is 0 Å². The van der Waals surface area contributed by atoms with E-state index in [-0.39, 0.29) is 5.91 Å². The van der Waals surface area contributed by atoms with Gasteiger partial charge in [0, 0.05) is 17.0 Å². The quantitative estimate of drug-likeness (QED) is 0.321. The summed E-state index contributed by atoms with van der Waals surface area (Å²) in [6, 6.07) is 13.2. The van der Waals surface area contributed by atoms with Crippen LogP contribution in [0.5, 0.6) is 17.2 Å². The van der Waals surface area contributed by atoms with Crippen molar-refractivity contribution in [2.45, 2.75) is 41.5 Å². The molecule has 4 rings (SSSR count). The maximum atomic E-state index is 13.4. The number of pyridine rings is 1. The third-order valence-corrected chi connectivity index (χ3v) is 5.70. The van der Waals surface area contributed by atoms with Crippen molar-refractivity contribution in [2.75, 3.05) is 25.1 Å². The number of aromatic nitrogens is 3. The van der Waals surface area contributed by atoms with Gasteiger partial charge in [-0.2, -0.15) is 9.78 Å². The van der Waals surface area contributed by atoms with E-state index in [1.54, 1.807) is 16.8 Å². The van der Waals surface area contributed by atoms with Crippen LogP contribution >= 0.6 is 0 Å². The lowest BCUT2D eigenvalue weighted by molar-refractivity contribution is 0.102. The highest BCUT2D eigenvalue weighted by molar-refractivity contribution is 6.05. The van der Waals surface area contributed by atoms with Crippen LogP contribution in [0, 0.1) is 20.8 Å². The molecule has 0 unspecified atom stereocenters. The number of hydrogen-bond donors (Lipinski definition) is 1. The summed E-state index contributed by atoms with van der Waals surface area (Å²) in [5.41, 5.74) is 4.21. The molecule has 0 fully saturated rings. The van der Waals surface area contributed by atoms with Crippen LogP contribution in [0.4, 0.5) is 5.82 Å². The Morgan fingerprint density at radius 2 is 1.56 bits per heavy atom. The van der Waals surface area contributed by atoms with Gasteiger partial charge in [0.05, 0.1) is 31.0 Å². The Morgan fingerprint density at radius 3 is 2.19 bits per heavy atom. The van der Waals surface area contributed by atoms with E-state index in [0.717, 1.165) is 27.7 Å². The fourth-order valence-electron chi connectivity index (χ4n) is 4.12. The van der Waals surface area contributed by atoms with Crippen LogP contribution < -0.4 is 19.5 Å². The fraction of sp³-hybridized carbons (Fsp3) is 0.321. The molecule has 36 heavy (non-hydrogen) atoms. The molecule has 0 atom stereocenters. The number of hydrogen-bond acceptors (Lipinski definition) is 6. The summed E-state index contributed by atoms with van der Waals surface area (Å²) in [5, 5.41) is 8.69. The highest BCUT2D eigenvalue weighted by atomic mass is 16.5. The number of amides is 1. The van der Waals surface area contributed by atoms with Crippen LogP contribution in [0.1, 0.15) is 48.0 Å². The first-order valence-electron chi connectivity index (χ1n) is 12.2. The third-order valence-electron chi connectivity index (χ3n) is 5.70. The smallest absolute Gasteiger partial charge is 0.257 e. The molecular formula is C28H32N4O4. The molecule has 0 bridgehead atoms. The topological polar surface area (TPSA) is 87.5 Å². The van der Waals surface area contributed by atoms with Crippen molar-refractivity contribution in [3.05, 3.63) is 64.8 Å². The first-order chi connectivity index (χ1) is 17.4. The van der Waals surface area contributed by atoms with E-state index in [1.807, 2.05) is 65.8 Å². The Bertz CT molecular complexity index is 1380. The van der Waals surface area contributed by atoms with E-state index in [1.165, 1.54) is 0 Å². The maximum Gasteiger partial charge on any atom is 0.257 e. The zero-order chi connectivity index (χ0) is 25.8. The number of anilines is 1. The van der Waals surface area contributed by atoms with Crippen molar-refractivity contribution < 1.29 is 19.0 Å². The molecule has 0 radical (unpaired) electrons. The minimum atomic E-state index is -0.324. The van der Waals surface area contributed by atoms with Crippen LogP contribution in [0.3, 0.4) is 0 Å². The third kappa shape index (κ3) is 4.98. The second kappa shape index (κ2) is 10.7. The molecule has 0 aliphatic heterocycles. The lowest BCUT2D eigenvalue weighted by Gasteiger charge is -2.17. The van der Waals surface area contributed by atoms with Crippen LogP contribution in [-0.2, 0) is 0 Å². The van der Waals surface area contributed by atoms with Gasteiger partial charge in [-0.1, -0.05) is 18.2 Å². The highest BCUT2D eigenvalue weighted by Gasteiger charge is 2.20. The Morgan fingerprint density at radius 1 is 0.889 bits per heavy atom. The molecule has 0 saturated carbocycles. The average Bonchev–Trinajstić information content (AvgIpc) is 3.21. The van der Waals surface area contributed by atoms with E-state index < -0.39 is 0 Å². The normalized spacial score (nSPS) is 10.9. The SMILES string of the molecule is CCOc1cc(C(=O)Nc2cc(C)nn2-c2cc(C)c3cccc(C)c3n2)cc(OCC)c1OCC. The molecule has 188 valence electrons. The molecule has 0 aliphatic carbocycles. The minimum absolute atomic E-state index is 0.324. The van der Waals surface area contributed by atoms with Crippen molar-refractivity contribution in [1.29, 1.82) is 0 Å². The molecule has 8 nitrogen and oxygen atoms in total. The lowest BCUT2D eigenvalue weighted by atomic mass is 10.1. The van der Waals surface area contributed by atoms with Crippen LogP contribution in [0.15, 0.2) is 42.5 Å². The van der Waals surface area contributed by atoms with Gasteiger partial charge in [-0.05, 0) is 70.9 Å². The molecule has 0 saturated heterocycles. The predicted octanol–water partition coefficient (Wildman–Crippen LogP) is 5.79. The number of nitrogens with one attached hydrogen (secondary N) is 1. The van der Waals surface area contributed by atoms with Crippen molar-refractivity contribution in [3.8, 4) is 23.1 Å². The summed E-state index contributed by atoms with van der Waals surface area (Å²) in [6.07, 6.45) is 0. The van der Waals surface area contributed by atoms with Gasteiger partial charge in [0.2, 0.25) is 5.75 Å². The number of para-hydroxylation sites is 1. The highest BCUT2D eigenvalue weighted by Crippen LogP contribution is 2.39. The zero-order valence-electron chi connectivity index (χ0n) is 21.6. The van der Waals surface area contributed by atoms with Gasteiger partial charge in [-0.3, -0.25) is 4.79 Å². The maximum absolute atomic E-state index is 13.4. The summed E-state index contributed by atoms with van der Waals surface area (Å²) in [6.45, 7) is 12.9. The van der Waals surface area contributed by atoms with Crippen molar-refractivity contribution in [1.82, 2.24) is 14.8 Å². The summed E-state index contributed by atoms with van der Waals surface area (Å²) in [5.74, 6) is 2.24. The Labute approximate surface area is 211 Å². The Balaban J connectivity index is 1.73. The first kappa shape index (κ1) is 25.0. The number of aryl methyl sites for hydroxylation is 3. The van der Waals surface area contributed by atoms with Crippen LogP contribution in [0.25, 0.3) is 16.7 Å². The number of nitrogens with zero attached hydrogens (tertiary/aromatic N) is 3. The number of carbonyl (C=O) groups is 1. The standard InChI is InChI=1S/C28H32N4O4/c1-7-34-22-15-20(16-23(35-8-2)27(22)36-9-3)28(33)30-25-14-19(6)31-32(25)24-13-18(5)21-12-10-11-17(4)26(21)29-24/h10-16H,7-9H2,1-6H3,(H,30,33). The van der Waals surface area contributed by atoms with Crippen molar-refractivity contribution in [3.63, 3.8) is 0 Å². The number of ether oxygens (including phenoxy) is 3. The molecule has 1 N–H and O–H groups in total. The zero-order valence-corrected chi connectivity index (χ0v) is 21.6. The molecule has 4 aromatic rings.